The van der Waals surface area contributed by atoms with E-state index < -0.39 is 42.7 Å². The predicted octanol–water partition coefficient (Wildman–Crippen LogP) is -5.36. The molecule has 0 saturated carbocycles. The number of amides is 4. The van der Waals surface area contributed by atoms with Crippen LogP contribution < -0.4 is 21.3 Å². The van der Waals surface area contributed by atoms with E-state index in [1.54, 1.807) is 0 Å². The first-order chi connectivity index (χ1) is 14.7. The largest absolute Gasteiger partial charge is 0.394 e. The van der Waals surface area contributed by atoms with Crippen molar-refractivity contribution in [3.8, 4) is 0 Å². The fourth-order valence-corrected chi connectivity index (χ4v) is 2.69. The van der Waals surface area contributed by atoms with Crippen LogP contribution >= 0.6 is 0 Å². The molecule has 31 heavy (non-hydrogen) atoms. The average molecular weight is 443 g/mol. The Balaban J connectivity index is 2.60. The highest BCUT2D eigenvalue weighted by molar-refractivity contribution is 6.11. The number of hydrogen-bond acceptors (Lipinski definition) is 9. The topological polar surface area (TPSA) is 179 Å². The molecule has 1 aliphatic rings. The molecule has 14 heteroatoms. The molecule has 0 aromatic heterocycles. The van der Waals surface area contributed by atoms with Crippen molar-refractivity contribution in [3.05, 3.63) is 0 Å². The van der Waals surface area contributed by atoms with Gasteiger partial charge in [0.05, 0.1) is 39.4 Å². The first-order valence-electron chi connectivity index (χ1n) is 9.70. The highest BCUT2D eigenvalue weighted by Gasteiger charge is 2.41. The third kappa shape index (κ3) is 9.61. The smallest absolute Gasteiger partial charge is 0.239 e. The predicted molar refractivity (Wildman–Crippen MR) is 108 cm³/mol. The van der Waals surface area contributed by atoms with Crippen molar-refractivity contribution in [1.29, 1.82) is 0 Å². The number of nitrogens with zero attached hydrogens (tertiary/aromatic N) is 1. The van der Waals surface area contributed by atoms with Crippen LogP contribution in [-0.2, 0) is 28.7 Å². The molecular weight excluding hydrogens is 413 g/mol. The quantitative estimate of drug-likeness (QED) is 0.152. The van der Waals surface area contributed by atoms with Gasteiger partial charge in [-0.25, -0.2) is 0 Å². The SMILES string of the molecule is [B]C1OC(CO)C(O)C1OCCN(CC(=O)NCC(=O)NC)CC(=O)NCC(=O)NC. The molecule has 1 saturated heterocycles. The van der Waals surface area contributed by atoms with Crippen molar-refractivity contribution in [2.75, 3.05) is 60.0 Å². The Labute approximate surface area is 181 Å². The first kappa shape index (κ1) is 26.8. The van der Waals surface area contributed by atoms with Gasteiger partial charge >= 0.3 is 0 Å². The molecule has 0 aromatic rings. The average Bonchev–Trinajstić information content (AvgIpc) is 3.03. The zero-order chi connectivity index (χ0) is 23.4. The van der Waals surface area contributed by atoms with Gasteiger partial charge in [-0.3, -0.25) is 24.1 Å². The zero-order valence-corrected chi connectivity index (χ0v) is 17.6. The Kier molecular flexibility index (Phi) is 12.0. The number of aliphatic hydroxyl groups is 2. The summed E-state index contributed by atoms with van der Waals surface area (Å²) in [6.07, 6.45) is -2.87. The summed E-state index contributed by atoms with van der Waals surface area (Å²) in [4.78, 5) is 48.2. The van der Waals surface area contributed by atoms with Gasteiger partial charge in [-0.1, -0.05) is 0 Å². The Morgan fingerprint density at radius 1 is 1.00 bits per heavy atom. The van der Waals surface area contributed by atoms with Crippen LogP contribution in [0, 0.1) is 0 Å². The second kappa shape index (κ2) is 13.9. The van der Waals surface area contributed by atoms with E-state index in [1.165, 1.54) is 19.0 Å². The normalized spacial score (nSPS) is 22.7. The summed E-state index contributed by atoms with van der Waals surface area (Å²) >= 11 is 0. The van der Waals surface area contributed by atoms with Gasteiger partial charge in [0.1, 0.15) is 26.2 Å². The lowest BCUT2D eigenvalue weighted by Gasteiger charge is -2.24. The van der Waals surface area contributed by atoms with Crippen LogP contribution in [0.25, 0.3) is 0 Å². The van der Waals surface area contributed by atoms with E-state index in [0.717, 1.165) is 0 Å². The lowest BCUT2D eigenvalue weighted by molar-refractivity contribution is -0.129. The molecule has 6 N–H and O–H groups in total. The van der Waals surface area contributed by atoms with Gasteiger partial charge in [-0.2, -0.15) is 0 Å². The van der Waals surface area contributed by atoms with Crippen LogP contribution in [0.3, 0.4) is 0 Å². The molecule has 0 spiro atoms. The molecule has 1 fully saturated rings. The maximum atomic E-state index is 12.1. The van der Waals surface area contributed by atoms with Gasteiger partial charge in [-0.15, -0.1) is 0 Å². The summed E-state index contributed by atoms with van der Waals surface area (Å²) in [5, 5.41) is 28.8. The Morgan fingerprint density at radius 3 is 1.94 bits per heavy atom. The highest BCUT2D eigenvalue weighted by Crippen LogP contribution is 2.21. The molecule has 4 atom stereocenters. The van der Waals surface area contributed by atoms with Crippen molar-refractivity contribution in [3.63, 3.8) is 0 Å². The van der Waals surface area contributed by atoms with Gasteiger partial charge in [-0.05, 0) is 0 Å². The molecule has 1 aliphatic heterocycles. The van der Waals surface area contributed by atoms with E-state index in [-0.39, 0.29) is 51.1 Å². The zero-order valence-electron chi connectivity index (χ0n) is 17.6. The number of hydrogen-bond donors (Lipinski definition) is 6. The van der Waals surface area contributed by atoms with Gasteiger partial charge in [0.2, 0.25) is 23.6 Å². The summed E-state index contributed by atoms with van der Waals surface area (Å²) < 4.78 is 10.7. The lowest BCUT2D eigenvalue weighted by Crippen LogP contribution is -2.47. The van der Waals surface area contributed by atoms with Gasteiger partial charge in [0.15, 0.2) is 0 Å². The summed E-state index contributed by atoms with van der Waals surface area (Å²) in [5.74, 6) is -1.75. The van der Waals surface area contributed by atoms with Gasteiger partial charge in [0.25, 0.3) is 0 Å². The van der Waals surface area contributed by atoms with Crippen LogP contribution in [0.4, 0.5) is 0 Å². The Morgan fingerprint density at radius 2 is 1.52 bits per heavy atom. The number of likely N-dealkylation sites (N-methyl/N-ethyl adjacent to an activating group) is 2. The maximum absolute atomic E-state index is 12.1. The van der Waals surface area contributed by atoms with Crippen molar-refractivity contribution >= 4 is 31.5 Å². The van der Waals surface area contributed by atoms with Crippen LogP contribution in [0.1, 0.15) is 0 Å². The number of rotatable bonds is 13. The highest BCUT2D eigenvalue weighted by atomic mass is 16.6. The first-order valence-corrected chi connectivity index (χ1v) is 9.70. The second-order valence-electron chi connectivity index (χ2n) is 6.76. The van der Waals surface area contributed by atoms with Gasteiger partial charge < -0.3 is 41.0 Å². The van der Waals surface area contributed by atoms with Crippen molar-refractivity contribution < 1.29 is 38.9 Å². The molecule has 174 valence electrons. The molecule has 4 unspecified atom stereocenters. The van der Waals surface area contributed by atoms with E-state index in [0.29, 0.717) is 0 Å². The molecule has 2 radical (unpaired) electrons. The number of carbonyl (C=O) groups excluding carboxylic acids is 4. The molecule has 13 nitrogen and oxygen atoms in total. The standard InChI is InChI=1S/C17H30BN5O8/c1-19-11(25)5-21-13(27)7-23(8-14(28)22-6-12(26)20-2)3-4-30-16-15(29)10(9-24)31-17(16)18/h10,15-17,24,29H,3-9H2,1-2H3,(H,19,25)(H,20,26)(H,21,27)(H,22,28). The molecule has 1 heterocycles. The minimum Gasteiger partial charge on any atom is -0.394 e. The van der Waals surface area contributed by atoms with E-state index >= 15 is 0 Å². The number of carbonyl (C=O) groups is 4. The fourth-order valence-electron chi connectivity index (χ4n) is 2.69. The number of nitrogens with one attached hydrogen (secondary N) is 4. The number of ether oxygens (including phenoxy) is 2. The summed E-state index contributed by atoms with van der Waals surface area (Å²) in [5.41, 5.74) is 0. The summed E-state index contributed by atoms with van der Waals surface area (Å²) in [7, 11) is 8.61. The molecule has 4 amide bonds. The van der Waals surface area contributed by atoms with Crippen molar-refractivity contribution in [2.45, 2.75) is 24.3 Å². The third-order valence-electron chi connectivity index (χ3n) is 4.46. The van der Waals surface area contributed by atoms with Crippen LogP contribution in [0.2, 0.25) is 0 Å². The van der Waals surface area contributed by atoms with E-state index in [1.807, 2.05) is 0 Å². The van der Waals surface area contributed by atoms with E-state index in [9.17, 15) is 24.3 Å². The summed E-state index contributed by atoms with van der Waals surface area (Å²) in [6.45, 7) is -1.20. The van der Waals surface area contributed by atoms with E-state index in [4.69, 9.17) is 22.4 Å². The van der Waals surface area contributed by atoms with Crippen molar-refractivity contribution in [2.24, 2.45) is 0 Å². The van der Waals surface area contributed by atoms with Crippen LogP contribution in [0.15, 0.2) is 0 Å². The molecule has 0 aliphatic carbocycles. The second-order valence-corrected chi connectivity index (χ2v) is 6.76. The van der Waals surface area contributed by atoms with Crippen molar-refractivity contribution in [1.82, 2.24) is 26.2 Å². The maximum Gasteiger partial charge on any atom is 0.239 e. The minimum atomic E-state index is -1.12. The van der Waals surface area contributed by atoms with Crippen LogP contribution in [-0.4, -0.2) is 131 Å². The summed E-state index contributed by atoms with van der Waals surface area (Å²) in [6, 6.07) is -0.938. The third-order valence-corrected chi connectivity index (χ3v) is 4.46. The van der Waals surface area contributed by atoms with Crippen LogP contribution in [0.5, 0.6) is 0 Å². The Bertz CT molecular complexity index is 591. The van der Waals surface area contributed by atoms with Gasteiger partial charge in [0, 0.05) is 26.6 Å². The Hall–Kier alpha value is -2.26. The lowest BCUT2D eigenvalue weighted by atomic mass is 9.93. The molecule has 0 aromatic carbocycles. The molecular formula is C17H30BN5O8. The fraction of sp³-hybridized carbons (Fsp3) is 0.765. The monoisotopic (exact) mass is 443 g/mol. The van der Waals surface area contributed by atoms with E-state index in [2.05, 4.69) is 21.3 Å². The minimum absolute atomic E-state index is 0.0115. The number of aliphatic hydroxyl groups excluding tert-OH is 2. The molecule has 0 bridgehead atoms. The molecule has 1 rings (SSSR count).